The highest BCUT2D eigenvalue weighted by molar-refractivity contribution is 8.01. The second-order valence-corrected chi connectivity index (χ2v) is 8.60. The zero-order valence-electron chi connectivity index (χ0n) is 12.1. The van der Waals surface area contributed by atoms with E-state index in [4.69, 9.17) is 11.6 Å². The van der Waals surface area contributed by atoms with Gasteiger partial charge in [-0.25, -0.2) is 13.2 Å². The van der Waals surface area contributed by atoms with Gasteiger partial charge in [0.1, 0.15) is 4.90 Å². The molecule has 1 aromatic carbocycles. The molecule has 1 N–H and O–H groups in total. The molecule has 0 bridgehead atoms. The molecule has 0 saturated heterocycles. The van der Waals surface area contributed by atoms with E-state index < -0.39 is 16.0 Å². The van der Waals surface area contributed by atoms with Crippen LogP contribution < -0.4 is 4.72 Å². The van der Waals surface area contributed by atoms with E-state index >= 15 is 0 Å². The zero-order valence-corrected chi connectivity index (χ0v) is 15.3. The Kier molecular flexibility index (Phi) is 5.84. The molecular weight excluding hydrogens is 382 g/mol. The number of thioether (sulfide) groups is 1. The first-order valence-corrected chi connectivity index (χ1v) is 9.90. The van der Waals surface area contributed by atoms with Crippen molar-refractivity contribution in [3.05, 3.63) is 28.8 Å². The number of nitrogens with one attached hydrogen (secondary N) is 1. The van der Waals surface area contributed by atoms with Crippen molar-refractivity contribution in [2.75, 3.05) is 17.6 Å². The molecule has 0 aliphatic rings. The fourth-order valence-corrected chi connectivity index (χ4v) is 4.96. The number of benzene rings is 1. The average Bonchev–Trinajstić information content (AvgIpc) is 2.93. The Morgan fingerprint density at radius 2 is 2.17 bits per heavy atom. The molecule has 0 aliphatic carbocycles. The highest BCUT2D eigenvalue weighted by Crippen LogP contribution is 2.29. The minimum atomic E-state index is -4.00. The largest absolute Gasteiger partial charge is 0.465 e. The molecule has 0 aliphatic heterocycles. The Balaban J connectivity index is 2.32. The fraction of sp³-hybridized carbons (Fsp3) is 0.250. The summed E-state index contributed by atoms with van der Waals surface area (Å²) >= 11 is 8.51. The van der Waals surface area contributed by atoms with Gasteiger partial charge < -0.3 is 4.74 Å². The predicted molar refractivity (Wildman–Crippen MR) is 89.9 cm³/mol. The summed E-state index contributed by atoms with van der Waals surface area (Å²) in [6, 6.07) is 3.86. The quantitative estimate of drug-likeness (QED) is 0.595. The number of nitrogens with zero attached hydrogens (tertiary/aromatic N) is 2. The SMILES string of the molecule is CCSc1nnc(NS(=O)(=O)c2cc(C(=O)OC)ccc2Cl)s1. The fourth-order valence-electron chi connectivity index (χ4n) is 1.56. The van der Waals surface area contributed by atoms with E-state index in [0.29, 0.717) is 4.34 Å². The lowest BCUT2D eigenvalue weighted by molar-refractivity contribution is 0.0600. The normalized spacial score (nSPS) is 11.3. The number of ether oxygens (including phenoxy) is 1. The highest BCUT2D eigenvalue weighted by atomic mass is 35.5. The van der Waals surface area contributed by atoms with Gasteiger partial charge in [0.2, 0.25) is 5.13 Å². The van der Waals surface area contributed by atoms with Gasteiger partial charge in [0, 0.05) is 0 Å². The van der Waals surface area contributed by atoms with Gasteiger partial charge in [-0.2, -0.15) is 0 Å². The zero-order chi connectivity index (χ0) is 17.0. The molecule has 0 radical (unpaired) electrons. The molecular formula is C12H12ClN3O4S3. The molecule has 2 aromatic rings. The third kappa shape index (κ3) is 4.34. The van der Waals surface area contributed by atoms with Gasteiger partial charge in [-0.1, -0.05) is 41.6 Å². The van der Waals surface area contributed by atoms with E-state index in [1.807, 2.05) is 6.92 Å². The summed E-state index contributed by atoms with van der Waals surface area (Å²) in [5.41, 5.74) is 0.0803. The van der Waals surface area contributed by atoms with Crippen molar-refractivity contribution in [2.45, 2.75) is 16.2 Å². The lowest BCUT2D eigenvalue weighted by Gasteiger charge is -2.08. The third-order valence-electron chi connectivity index (χ3n) is 2.54. The second-order valence-electron chi connectivity index (χ2n) is 4.05. The molecule has 0 fully saturated rings. The topological polar surface area (TPSA) is 98.3 Å². The van der Waals surface area contributed by atoms with Gasteiger partial charge in [-0.15, -0.1) is 10.2 Å². The maximum absolute atomic E-state index is 12.4. The van der Waals surface area contributed by atoms with Gasteiger partial charge in [0.25, 0.3) is 10.0 Å². The molecule has 124 valence electrons. The number of carbonyl (C=O) groups excluding carboxylic acids is 1. The van der Waals surface area contributed by atoms with E-state index in [1.54, 1.807) is 0 Å². The summed E-state index contributed by atoms with van der Waals surface area (Å²) in [5, 5.41) is 7.74. The van der Waals surface area contributed by atoms with Gasteiger partial charge in [-0.05, 0) is 24.0 Å². The molecule has 0 unspecified atom stereocenters. The number of anilines is 1. The molecule has 1 heterocycles. The van der Waals surface area contributed by atoms with Crippen LogP contribution >= 0.6 is 34.7 Å². The number of hydrogen-bond donors (Lipinski definition) is 1. The molecule has 0 spiro atoms. The van der Waals surface area contributed by atoms with Crippen molar-refractivity contribution in [1.82, 2.24) is 10.2 Å². The van der Waals surface area contributed by atoms with Gasteiger partial charge >= 0.3 is 5.97 Å². The van der Waals surface area contributed by atoms with Crippen LogP contribution in [0.2, 0.25) is 5.02 Å². The van der Waals surface area contributed by atoms with Crippen LogP contribution in [0.4, 0.5) is 5.13 Å². The van der Waals surface area contributed by atoms with Crippen LogP contribution in [0.3, 0.4) is 0 Å². The molecule has 7 nitrogen and oxygen atoms in total. The number of halogens is 1. The summed E-state index contributed by atoms with van der Waals surface area (Å²) < 4.78 is 32.4. The van der Waals surface area contributed by atoms with E-state index in [2.05, 4.69) is 19.7 Å². The number of hydrogen-bond acceptors (Lipinski definition) is 8. The van der Waals surface area contributed by atoms with Crippen molar-refractivity contribution in [1.29, 1.82) is 0 Å². The second kappa shape index (κ2) is 7.47. The molecule has 11 heteroatoms. The number of esters is 1. The van der Waals surface area contributed by atoms with Crippen LogP contribution in [0, 0.1) is 0 Å². The first kappa shape index (κ1) is 18.0. The molecule has 0 atom stereocenters. The van der Waals surface area contributed by atoms with Crippen molar-refractivity contribution in [3.63, 3.8) is 0 Å². The van der Waals surface area contributed by atoms with Crippen LogP contribution in [0.15, 0.2) is 27.4 Å². The standard InChI is InChI=1S/C12H12ClN3O4S3/c1-3-21-12-15-14-11(22-12)16-23(18,19)9-6-7(10(17)20-2)4-5-8(9)13/h4-6H,3H2,1-2H3,(H,14,16). The minimum absolute atomic E-state index is 0.0159. The van der Waals surface area contributed by atoms with Crippen molar-refractivity contribution in [2.24, 2.45) is 0 Å². The molecule has 1 aromatic heterocycles. The predicted octanol–water partition coefficient (Wildman–Crippen LogP) is 2.89. The summed E-state index contributed by atoms with van der Waals surface area (Å²) in [6.45, 7) is 1.95. The molecule has 23 heavy (non-hydrogen) atoms. The Bertz CT molecular complexity index is 823. The number of carbonyl (C=O) groups is 1. The number of rotatable bonds is 6. The smallest absolute Gasteiger partial charge is 0.337 e. The van der Waals surface area contributed by atoms with Crippen LogP contribution in [0.5, 0.6) is 0 Å². The van der Waals surface area contributed by atoms with Gasteiger partial charge in [0.05, 0.1) is 17.7 Å². The van der Waals surface area contributed by atoms with Crippen LogP contribution in [0.25, 0.3) is 0 Å². The van der Waals surface area contributed by atoms with Crippen LogP contribution in [-0.4, -0.2) is 37.4 Å². The Morgan fingerprint density at radius 1 is 1.43 bits per heavy atom. The number of aromatic nitrogens is 2. The molecule has 0 amide bonds. The van der Waals surface area contributed by atoms with Gasteiger partial charge in [0.15, 0.2) is 4.34 Å². The Morgan fingerprint density at radius 3 is 2.83 bits per heavy atom. The first-order chi connectivity index (χ1) is 10.9. The van der Waals surface area contributed by atoms with Gasteiger partial charge in [-0.3, -0.25) is 4.72 Å². The first-order valence-electron chi connectivity index (χ1n) is 6.24. The van der Waals surface area contributed by atoms with E-state index in [0.717, 1.165) is 23.2 Å². The molecule has 0 saturated carbocycles. The van der Waals surface area contributed by atoms with E-state index in [1.165, 1.54) is 31.0 Å². The lowest BCUT2D eigenvalue weighted by Crippen LogP contribution is -2.14. The minimum Gasteiger partial charge on any atom is -0.465 e. The van der Waals surface area contributed by atoms with E-state index in [-0.39, 0.29) is 20.6 Å². The highest BCUT2D eigenvalue weighted by Gasteiger charge is 2.22. The number of sulfonamides is 1. The summed E-state index contributed by atoms with van der Waals surface area (Å²) in [7, 11) is -2.80. The van der Waals surface area contributed by atoms with Crippen molar-refractivity contribution < 1.29 is 17.9 Å². The van der Waals surface area contributed by atoms with Crippen LogP contribution in [-0.2, 0) is 14.8 Å². The Hall–Kier alpha value is -1.36. The van der Waals surface area contributed by atoms with E-state index in [9.17, 15) is 13.2 Å². The summed E-state index contributed by atoms with van der Waals surface area (Å²) in [5.74, 6) is 0.143. The molecule has 2 rings (SSSR count). The Labute approximate surface area is 146 Å². The summed E-state index contributed by atoms with van der Waals surface area (Å²) in [6.07, 6.45) is 0. The summed E-state index contributed by atoms with van der Waals surface area (Å²) in [4.78, 5) is 11.3. The van der Waals surface area contributed by atoms with Crippen molar-refractivity contribution in [3.8, 4) is 0 Å². The number of methoxy groups -OCH3 is 1. The maximum Gasteiger partial charge on any atom is 0.337 e. The maximum atomic E-state index is 12.4. The average molecular weight is 394 g/mol. The third-order valence-corrected chi connectivity index (χ3v) is 6.34. The monoisotopic (exact) mass is 393 g/mol. The van der Waals surface area contributed by atoms with Crippen molar-refractivity contribution >= 4 is 55.8 Å². The lowest BCUT2D eigenvalue weighted by atomic mass is 10.2. The van der Waals surface area contributed by atoms with Crippen LogP contribution in [0.1, 0.15) is 17.3 Å².